The van der Waals surface area contributed by atoms with Gasteiger partial charge in [-0.25, -0.2) is 0 Å². The standard InChI is InChI=1S/C49H33N/c1-32-21-23-33(24-22-32)25-26-34-27-29-38(30-28-34)50(37-13-3-2-4-14-37)49-41-17-8-7-16-40(41)47-42-18-9-12-36-31-35-11-5-6-15-39(35)46(45(36)42)43-19-10-20-44(49)48(43)47/h2-31H,1H3. The molecule has 0 aliphatic heterocycles. The van der Waals surface area contributed by atoms with Gasteiger partial charge < -0.3 is 4.90 Å². The molecule has 1 heteroatoms. The molecule has 0 fully saturated rings. The van der Waals surface area contributed by atoms with Gasteiger partial charge in [0.2, 0.25) is 0 Å². The van der Waals surface area contributed by atoms with Crippen LogP contribution in [0.5, 0.6) is 0 Å². The Morgan fingerprint density at radius 2 is 0.860 bits per heavy atom. The second-order valence-electron chi connectivity index (χ2n) is 13.4. The van der Waals surface area contributed by atoms with Gasteiger partial charge in [0.25, 0.3) is 0 Å². The third-order valence-corrected chi connectivity index (χ3v) is 10.4. The molecule has 0 aromatic heterocycles. The van der Waals surface area contributed by atoms with Crippen LogP contribution in [-0.2, 0) is 0 Å². The molecule has 234 valence electrons. The number of hydrogen-bond acceptors (Lipinski definition) is 1. The zero-order valence-electron chi connectivity index (χ0n) is 27.8. The smallest absolute Gasteiger partial charge is 0.0619 e. The lowest BCUT2D eigenvalue weighted by Crippen LogP contribution is -2.11. The van der Waals surface area contributed by atoms with E-state index in [0.29, 0.717) is 0 Å². The molecule has 0 spiro atoms. The van der Waals surface area contributed by atoms with Crippen LogP contribution in [0.3, 0.4) is 0 Å². The lowest BCUT2D eigenvalue weighted by atomic mass is 9.84. The molecule has 50 heavy (non-hydrogen) atoms. The molecule has 10 aromatic carbocycles. The van der Waals surface area contributed by atoms with Crippen LogP contribution in [0.2, 0.25) is 0 Å². The number of rotatable bonds is 5. The van der Waals surface area contributed by atoms with Crippen molar-refractivity contribution in [2.45, 2.75) is 6.92 Å². The second kappa shape index (κ2) is 11.3. The number of hydrogen-bond donors (Lipinski definition) is 0. The first kappa shape index (κ1) is 28.6. The number of benzene rings is 10. The van der Waals surface area contributed by atoms with Crippen molar-refractivity contribution in [3.8, 4) is 0 Å². The normalized spacial score (nSPS) is 12.0. The highest BCUT2D eigenvalue weighted by Crippen LogP contribution is 2.51. The van der Waals surface area contributed by atoms with Crippen molar-refractivity contribution in [3.05, 3.63) is 187 Å². The van der Waals surface area contributed by atoms with Crippen molar-refractivity contribution in [1.82, 2.24) is 0 Å². The molecule has 0 N–H and O–H groups in total. The van der Waals surface area contributed by atoms with Crippen molar-refractivity contribution >= 4 is 93.8 Å². The van der Waals surface area contributed by atoms with Gasteiger partial charge in [-0.05, 0) is 96.9 Å². The highest BCUT2D eigenvalue weighted by molar-refractivity contribution is 6.43. The Labute approximate surface area is 291 Å². The number of anilines is 3. The maximum atomic E-state index is 2.46. The molecule has 10 aromatic rings. The fourth-order valence-corrected chi connectivity index (χ4v) is 8.13. The summed E-state index contributed by atoms with van der Waals surface area (Å²) in [6.45, 7) is 2.12. The first-order valence-corrected chi connectivity index (χ1v) is 17.4. The van der Waals surface area contributed by atoms with E-state index < -0.39 is 0 Å². The fourth-order valence-electron chi connectivity index (χ4n) is 8.13. The predicted octanol–water partition coefficient (Wildman–Crippen LogP) is 14.0. The van der Waals surface area contributed by atoms with Crippen LogP contribution in [-0.4, -0.2) is 0 Å². The predicted molar refractivity (Wildman–Crippen MR) is 217 cm³/mol. The molecule has 0 bridgehead atoms. The Morgan fingerprint density at radius 1 is 0.360 bits per heavy atom. The lowest BCUT2D eigenvalue weighted by molar-refractivity contribution is 1.31. The number of nitrogens with zero attached hydrogens (tertiary/aromatic N) is 1. The molecule has 0 radical (unpaired) electrons. The molecule has 0 unspecified atom stereocenters. The fraction of sp³-hybridized carbons (Fsp3) is 0.0204. The minimum atomic E-state index is 1.12. The summed E-state index contributed by atoms with van der Waals surface area (Å²) >= 11 is 0. The van der Waals surface area contributed by atoms with Gasteiger partial charge in [0.15, 0.2) is 0 Å². The molecule has 0 amide bonds. The molecule has 1 nitrogen and oxygen atoms in total. The van der Waals surface area contributed by atoms with Gasteiger partial charge in [-0.15, -0.1) is 0 Å². The van der Waals surface area contributed by atoms with Crippen LogP contribution in [0.4, 0.5) is 17.1 Å². The van der Waals surface area contributed by atoms with E-state index in [1.54, 1.807) is 0 Å². The third kappa shape index (κ3) is 4.41. The van der Waals surface area contributed by atoms with Gasteiger partial charge in [0, 0.05) is 27.5 Å². The van der Waals surface area contributed by atoms with Crippen LogP contribution in [0.15, 0.2) is 170 Å². The summed E-state index contributed by atoms with van der Waals surface area (Å²) in [4.78, 5) is 2.46. The second-order valence-corrected chi connectivity index (χ2v) is 13.4. The van der Waals surface area contributed by atoms with Crippen molar-refractivity contribution in [2.24, 2.45) is 0 Å². The summed E-state index contributed by atoms with van der Waals surface area (Å²) in [7, 11) is 0. The van der Waals surface area contributed by atoms with E-state index in [1.165, 1.54) is 87.0 Å². The maximum Gasteiger partial charge on any atom is 0.0619 e. The van der Waals surface area contributed by atoms with E-state index in [9.17, 15) is 0 Å². The number of aryl methyl sites for hydroxylation is 1. The van der Waals surface area contributed by atoms with E-state index >= 15 is 0 Å². The quantitative estimate of drug-likeness (QED) is 0.103. The van der Waals surface area contributed by atoms with Gasteiger partial charge in [-0.1, -0.05) is 157 Å². The molecular formula is C49H33N. The SMILES string of the molecule is Cc1ccc(C=Cc2ccc(N(c3ccccc3)c3c4ccccc4c4c5cccc6cc7ccccc7c(c7cccc3c74)c65)cc2)cc1. The van der Waals surface area contributed by atoms with Crippen LogP contribution >= 0.6 is 0 Å². The minimum Gasteiger partial charge on any atom is -0.309 e. The van der Waals surface area contributed by atoms with Crippen LogP contribution in [0, 0.1) is 6.92 Å². The van der Waals surface area contributed by atoms with Crippen LogP contribution in [0.25, 0.3) is 76.8 Å². The van der Waals surface area contributed by atoms with Gasteiger partial charge in [0.1, 0.15) is 0 Å². The zero-order chi connectivity index (χ0) is 33.2. The summed E-state index contributed by atoms with van der Waals surface area (Å²) in [5.74, 6) is 0. The Bertz CT molecular complexity index is 2900. The Morgan fingerprint density at radius 3 is 1.62 bits per heavy atom. The van der Waals surface area contributed by atoms with Gasteiger partial charge in [0.05, 0.1) is 5.69 Å². The molecular weight excluding hydrogens is 603 g/mol. The Kier molecular flexibility index (Phi) is 6.47. The van der Waals surface area contributed by atoms with Crippen LogP contribution in [0.1, 0.15) is 16.7 Å². The highest BCUT2D eigenvalue weighted by atomic mass is 15.1. The van der Waals surface area contributed by atoms with Crippen molar-refractivity contribution in [1.29, 1.82) is 0 Å². The zero-order valence-corrected chi connectivity index (χ0v) is 27.8. The van der Waals surface area contributed by atoms with Crippen LogP contribution < -0.4 is 4.90 Å². The van der Waals surface area contributed by atoms with Gasteiger partial charge >= 0.3 is 0 Å². The minimum absolute atomic E-state index is 1.12. The Hall–Kier alpha value is -6.44. The molecule has 0 atom stereocenters. The summed E-state index contributed by atoms with van der Waals surface area (Å²) in [6, 6.07) is 62.4. The molecule has 0 saturated heterocycles. The average Bonchev–Trinajstić information content (AvgIpc) is 3.17. The number of para-hydroxylation sites is 1. The molecule has 10 rings (SSSR count). The van der Waals surface area contributed by atoms with E-state index in [2.05, 4.69) is 194 Å². The lowest BCUT2D eigenvalue weighted by Gasteiger charge is -2.30. The molecule has 0 aliphatic carbocycles. The molecule has 0 saturated carbocycles. The van der Waals surface area contributed by atoms with Gasteiger partial charge in [-0.2, -0.15) is 0 Å². The maximum absolute atomic E-state index is 2.46. The molecule has 0 heterocycles. The molecule has 0 aliphatic rings. The summed E-state index contributed by atoms with van der Waals surface area (Å²) in [6.07, 6.45) is 4.38. The Balaban J connectivity index is 1.28. The number of fused-ring (bicyclic) bond motifs is 6. The average molecular weight is 636 g/mol. The largest absolute Gasteiger partial charge is 0.309 e. The summed E-state index contributed by atoms with van der Waals surface area (Å²) < 4.78 is 0. The summed E-state index contributed by atoms with van der Waals surface area (Å²) in [5, 5.41) is 15.6. The first-order valence-electron chi connectivity index (χ1n) is 17.4. The van der Waals surface area contributed by atoms with E-state index in [4.69, 9.17) is 0 Å². The van der Waals surface area contributed by atoms with Crippen molar-refractivity contribution in [3.63, 3.8) is 0 Å². The third-order valence-electron chi connectivity index (χ3n) is 10.4. The van der Waals surface area contributed by atoms with E-state index in [1.807, 2.05) is 0 Å². The topological polar surface area (TPSA) is 3.24 Å². The monoisotopic (exact) mass is 635 g/mol. The van der Waals surface area contributed by atoms with Gasteiger partial charge in [-0.3, -0.25) is 0 Å². The van der Waals surface area contributed by atoms with E-state index in [0.717, 1.165) is 11.4 Å². The first-order chi connectivity index (χ1) is 24.7. The highest BCUT2D eigenvalue weighted by Gasteiger charge is 2.24. The van der Waals surface area contributed by atoms with Crippen molar-refractivity contribution < 1.29 is 0 Å². The van der Waals surface area contributed by atoms with E-state index in [-0.39, 0.29) is 0 Å². The van der Waals surface area contributed by atoms with Crippen molar-refractivity contribution in [2.75, 3.05) is 4.90 Å². The summed E-state index contributed by atoms with van der Waals surface area (Å²) in [5.41, 5.74) is 7.09.